The van der Waals surface area contributed by atoms with E-state index in [9.17, 15) is 18.4 Å². The summed E-state index contributed by atoms with van der Waals surface area (Å²) in [4.78, 5) is 35.1. The van der Waals surface area contributed by atoms with Crippen LogP contribution in [0.4, 0.5) is 25.2 Å². The lowest BCUT2D eigenvalue weighted by Crippen LogP contribution is -2.46. The van der Waals surface area contributed by atoms with Gasteiger partial charge in [0.1, 0.15) is 17.2 Å². The predicted molar refractivity (Wildman–Crippen MR) is 180 cm³/mol. The number of nitrogens with zero attached hydrogens (tertiary/aromatic N) is 4. The molecule has 2 aromatic carbocycles. The third-order valence-corrected chi connectivity index (χ3v) is 9.06. The second-order valence-electron chi connectivity index (χ2n) is 14.9. The van der Waals surface area contributed by atoms with Crippen molar-refractivity contribution in [2.75, 3.05) is 36.4 Å². The maximum atomic E-state index is 15.0. The normalized spacial score (nSPS) is 19.6. The Bertz CT molecular complexity index is 1590. The zero-order chi connectivity index (χ0) is 34.1. The highest BCUT2D eigenvalue weighted by Gasteiger charge is 2.43. The van der Waals surface area contributed by atoms with E-state index in [4.69, 9.17) is 4.74 Å². The molecule has 3 heterocycles. The number of benzene rings is 2. The van der Waals surface area contributed by atoms with E-state index in [0.29, 0.717) is 31.1 Å². The van der Waals surface area contributed by atoms with E-state index < -0.39 is 29.1 Å². The maximum absolute atomic E-state index is 15.0. The molecule has 9 nitrogen and oxygen atoms in total. The smallest absolute Gasteiger partial charge is 0.407 e. The largest absolute Gasteiger partial charge is 0.444 e. The van der Waals surface area contributed by atoms with Gasteiger partial charge in [0.2, 0.25) is 11.9 Å². The fraction of sp³-hybridized carbons (Fsp3) is 0.528. The molecule has 2 atom stereocenters. The summed E-state index contributed by atoms with van der Waals surface area (Å²) in [6.45, 7) is 16.8. The van der Waals surface area contributed by atoms with Gasteiger partial charge in [0.25, 0.3) is 0 Å². The number of anilines is 2. The number of alkyl carbamates (subject to hydrolysis) is 1. The van der Waals surface area contributed by atoms with Gasteiger partial charge in [0, 0.05) is 67.8 Å². The minimum Gasteiger partial charge on any atom is -0.444 e. The number of piperidine rings is 1. The maximum Gasteiger partial charge on any atom is 0.407 e. The lowest BCUT2D eigenvalue weighted by molar-refractivity contribution is -0.120. The third-order valence-electron chi connectivity index (χ3n) is 9.06. The highest BCUT2D eigenvalue weighted by molar-refractivity contribution is 5.92. The van der Waals surface area contributed by atoms with Crippen molar-refractivity contribution >= 4 is 23.6 Å². The van der Waals surface area contributed by atoms with Crippen LogP contribution in [0.2, 0.25) is 0 Å². The van der Waals surface area contributed by atoms with Gasteiger partial charge >= 0.3 is 6.09 Å². The van der Waals surface area contributed by atoms with Crippen LogP contribution < -0.4 is 15.5 Å². The quantitative estimate of drug-likeness (QED) is 0.305. The van der Waals surface area contributed by atoms with Gasteiger partial charge in [-0.1, -0.05) is 18.2 Å². The minimum absolute atomic E-state index is 0.0434. The number of nitrogens with one attached hydrogen (secondary N) is 2. The average Bonchev–Trinajstić information content (AvgIpc) is 3.61. The van der Waals surface area contributed by atoms with E-state index in [1.54, 1.807) is 6.20 Å². The topological polar surface area (TPSA) is 91.7 Å². The van der Waals surface area contributed by atoms with E-state index in [2.05, 4.69) is 71.3 Å². The number of aromatic nitrogens is 2. The fourth-order valence-corrected chi connectivity index (χ4v) is 6.52. The molecule has 2 aliphatic heterocycles. The molecule has 5 rings (SSSR count). The second kappa shape index (κ2) is 13.6. The van der Waals surface area contributed by atoms with E-state index in [-0.39, 0.29) is 23.6 Å². The van der Waals surface area contributed by atoms with Crippen LogP contribution in [0.5, 0.6) is 0 Å². The summed E-state index contributed by atoms with van der Waals surface area (Å²) in [6.07, 6.45) is 4.69. The molecule has 2 N–H and O–H groups in total. The zero-order valence-corrected chi connectivity index (χ0v) is 28.6. The van der Waals surface area contributed by atoms with Gasteiger partial charge in [0.15, 0.2) is 0 Å². The van der Waals surface area contributed by atoms with Crippen LogP contribution in [0.25, 0.3) is 0 Å². The van der Waals surface area contributed by atoms with E-state index in [1.807, 2.05) is 31.5 Å². The molecule has 1 aromatic heterocycles. The van der Waals surface area contributed by atoms with Crippen molar-refractivity contribution in [2.45, 2.75) is 91.0 Å². The Hall–Kier alpha value is -3.99. The molecule has 0 radical (unpaired) electrons. The van der Waals surface area contributed by atoms with Crippen molar-refractivity contribution in [3.8, 4) is 0 Å². The molecule has 0 saturated carbocycles. The fourth-order valence-electron chi connectivity index (χ4n) is 6.52. The van der Waals surface area contributed by atoms with Crippen LogP contribution in [0.15, 0.2) is 48.8 Å². The van der Waals surface area contributed by atoms with E-state index >= 15 is 0 Å². The first kappa shape index (κ1) is 34.3. The van der Waals surface area contributed by atoms with Crippen LogP contribution in [0, 0.1) is 24.5 Å². The number of carbonyl (C=O) groups excluding carboxylic acids is 2. The molecule has 11 heteroatoms. The van der Waals surface area contributed by atoms with Gasteiger partial charge in [-0.25, -0.2) is 18.6 Å². The molecule has 0 unspecified atom stereocenters. The van der Waals surface area contributed by atoms with E-state index in [1.165, 1.54) is 12.1 Å². The second-order valence-corrected chi connectivity index (χ2v) is 14.9. The molecular formula is C36H48F2N6O3. The molecule has 254 valence electrons. The number of halogens is 2. The number of likely N-dealkylation sites (tertiary alicyclic amines) is 1. The van der Waals surface area contributed by atoms with Gasteiger partial charge in [-0.05, 0) is 90.1 Å². The highest BCUT2D eigenvalue weighted by atomic mass is 19.1. The predicted octanol–water partition coefficient (Wildman–Crippen LogP) is 6.46. The Kier molecular flexibility index (Phi) is 9.96. The van der Waals surface area contributed by atoms with Crippen molar-refractivity contribution in [1.29, 1.82) is 0 Å². The number of imidazole rings is 1. The number of rotatable bonds is 7. The molecule has 3 aromatic rings. The molecule has 0 aliphatic carbocycles. The average molecular weight is 651 g/mol. The standard InChI is InChI=1S/C36H48F2N6O3/c1-23-8-9-24(31(18-23)42-15-12-26(13-16-42)40-34(46)47-36(5,6)7)20-43-17-14-39-33(43)41-32(45)29-22-44(35(2,3)4)21-28(29)27-11-10-25(37)19-30(27)38/h8-11,14,17-19,26,28-29H,12-13,15-16,20-22H2,1-7H3,(H,40,46)(H,39,41,45)/t28-,29+/m0/s1. The number of hydrogen-bond acceptors (Lipinski definition) is 6. The van der Waals surface area contributed by atoms with Crippen molar-refractivity contribution in [2.24, 2.45) is 5.92 Å². The number of ether oxygens (including phenoxy) is 1. The highest BCUT2D eigenvalue weighted by Crippen LogP contribution is 2.38. The Labute approximate surface area is 276 Å². The van der Waals surface area contributed by atoms with Gasteiger partial charge in [-0.3, -0.25) is 15.0 Å². The molecule has 2 fully saturated rings. The minimum atomic E-state index is -0.641. The first-order valence-electron chi connectivity index (χ1n) is 16.4. The summed E-state index contributed by atoms with van der Waals surface area (Å²) in [7, 11) is 0. The first-order valence-corrected chi connectivity index (χ1v) is 16.4. The number of amides is 2. The Balaban J connectivity index is 1.29. The Morgan fingerprint density at radius 3 is 2.38 bits per heavy atom. The molecule has 0 spiro atoms. The van der Waals surface area contributed by atoms with Crippen LogP contribution in [0.1, 0.15) is 77.0 Å². The van der Waals surface area contributed by atoms with E-state index in [0.717, 1.165) is 48.8 Å². The number of carbonyl (C=O) groups is 2. The molecule has 2 amide bonds. The van der Waals surface area contributed by atoms with Crippen LogP contribution >= 0.6 is 0 Å². The molecular weight excluding hydrogens is 602 g/mol. The Morgan fingerprint density at radius 2 is 1.72 bits per heavy atom. The van der Waals surface area contributed by atoms with Crippen molar-refractivity contribution in [3.05, 3.63) is 77.1 Å². The number of hydrogen-bond donors (Lipinski definition) is 2. The van der Waals surface area contributed by atoms with Crippen LogP contribution in [-0.2, 0) is 16.1 Å². The monoisotopic (exact) mass is 650 g/mol. The van der Waals surface area contributed by atoms with Gasteiger partial charge in [0.05, 0.1) is 12.5 Å². The van der Waals surface area contributed by atoms with Crippen molar-refractivity contribution < 1.29 is 23.1 Å². The summed E-state index contributed by atoms with van der Waals surface area (Å²) in [5.74, 6) is -2.10. The summed E-state index contributed by atoms with van der Waals surface area (Å²) >= 11 is 0. The van der Waals surface area contributed by atoms with Crippen LogP contribution in [-0.4, -0.2) is 69.8 Å². The SMILES string of the molecule is Cc1ccc(Cn2ccnc2NC(=O)[C@@H]2CN(C(C)(C)C)C[C@H]2c2ccc(F)cc2F)c(N2CCC(NC(=O)OC(C)(C)C)CC2)c1. The van der Waals surface area contributed by atoms with Crippen molar-refractivity contribution in [3.63, 3.8) is 0 Å². The van der Waals surface area contributed by atoms with Crippen LogP contribution in [0.3, 0.4) is 0 Å². The van der Waals surface area contributed by atoms with Gasteiger partial charge < -0.3 is 19.5 Å². The summed E-state index contributed by atoms with van der Waals surface area (Å²) in [5.41, 5.74) is 2.89. The van der Waals surface area contributed by atoms with Gasteiger partial charge in [-0.2, -0.15) is 0 Å². The lowest BCUT2D eigenvalue weighted by Gasteiger charge is -2.35. The van der Waals surface area contributed by atoms with Gasteiger partial charge in [-0.15, -0.1) is 0 Å². The first-order chi connectivity index (χ1) is 22.1. The Morgan fingerprint density at radius 1 is 1.00 bits per heavy atom. The molecule has 47 heavy (non-hydrogen) atoms. The lowest BCUT2D eigenvalue weighted by atomic mass is 9.88. The summed E-state index contributed by atoms with van der Waals surface area (Å²) in [5, 5.41) is 6.04. The summed E-state index contributed by atoms with van der Waals surface area (Å²) in [6, 6.07) is 9.99. The molecule has 2 saturated heterocycles. The number of aryl methyl sites for hydroxylation is 1. The molecule has 0 bridgehead atoms. The van der Waals surface area contributed by atoms with Crippen molar-refractivity contribution in [1.82, 2.24) is 19.8 Å². The summed E-state index contributed by atoms with van der Waals surface area (Å²) < 4.78 is 36.1. The third kappa shape index (κ3) is 8.49. The zero-order valence-electron chi connectivity index (χ0n) is 28.6. The molecule has 2 aliphatic rings.